The van der Waals surface area contributed by atoms with Crippen LogP contribution in [0.2, 0.25) is 0 Å². The topological polar surface area (TPSA) is 226 Å². The average Bonchev–Trinajstić information content (AvgIpc) is 3.31. The number of carbonyl (C=O) groups is 1. The summed E-state index contributed by atoms with van der Waals surface area (Å²) in [4.78, 5) is 23.2. The molecule has 0 radical (unpaired) electrons. The van der Waals surface area contributed by atoms with Gasteiger partial charge in [0.2, 0.25) is 5.91 Å². The molecular weight excluding hydrogens is 886 g/mol. The van der Waals surface area contributed by atoms with Gasteiger partial charge < -0.3 is 46.0 Å². The van der Waals surface area contributed by atoms with E-state index >= 15 is 0 Å². The fourth-order valence-corrected chi connectivity index (χ4v) is 10.3. The number of phosphoric acid groups is 1. The molecule has 8 unspecified atom stereocenters. The smallest absolute Gasteiger partial charge is 0.393 e. The minimum Gasteiger partial charge on any atom is -0.393 e. The fraction of sp³-hybridized carbons (Fsp3) is 0.944. The molecule has 9 N–H and O–H groups in total. The van der Waals surface area contributed by atoms with Crippen LogP contribution in [0.3, 0.4) is 0 Å². The Hall–Kier alpha value is -0.960. The second kappa shape index (κ2) is 43.6. The van der Waals surface area contributed by atoms with E-state index in [9.17, 15) is 50.0 Å². The number of carbonyl (C=O) groups excluding carboxylic acids is 1. The Bertz CT molecular complexity index is 1210. The molecule has 1 aliphatic rings. The number of aliphatic hydroxyl groups excluding tert-OH is 7. The van der Waals surface area contributed by atoms with Gasteiger partial charge in [0.25, 0.3) is 0 Å². The van der Waals surface area contributed by atoms with E-state index in [-0.39, 0.29) is 12.8 Å². The van der Waals surface area contributed by atoms with Gasteiger partial charge in [-0.05, 0) is 38.5 Å². The van der Waals surface area contributed by atoms with Crippen molar-refractivity contribution in [3.8, 4) is 0 Å². The van der Waals surface area contributed by atoms with Gasteiger partial charge in [-0.2, -0.15) is 0 Å². The second-order valence-corrected chi connectivity index (χ2v) is 21.7. The van der Waals surface area contributed by atoms with Crippen molar-refractivity contribution in [2.45, 2.75) is 319 Å². The summed E-state index contributed by atoms with van der Waals surface area (Å²) in [5.74, 6) is -0.568. The minimum absolute atomic E-state index is 0.221. The molecule has 0 aromatic carbocycles. The third-order valence-corrected chi connectivity index (χ3v) is 14.9. The van der Waals surface area contributed by atoms with Crippen LogP contribution >= 0.6 is 7.82 Å². The Labute approximate surface area is 414 Å². The number of hydrogen-bond acceptors (Lipinski definition) is 11. The molecule has 1 fully saturated rings. The molecule has 8 atom stereocenters. The molecule has 13 nitrogen and oxygen atoms in total. The SMILES string of the molecule is CCCCCCCCCCCCCCCCCC/C=C\CCCCCCCCCCCCCCCCCC(O)CC(=O)NC(COP(=O)(O)OC1C(O)C(O)C(O)C(O)C1O)C(O)CCCCC. The first-order chi connectivity index (χ1) is 32.8. The van der Waals surface area contributed by atoms with Crippen molar-refractivity contribution >= 4 is 13.7 Å². The van der Waals surface area contributed by atoms with Gasteiger partial charge in [-0.15, -0.1) is 0 Å². The Morgan fingerprint density at radius 3 is 1.22 bits per heavy atom. The lowest BCUT2D eigenvalue weighted by Crippen LogP contribution is -2.64. The molecule has 0 aliphatic heterocycles. The summed E-state index contributed by atoms with van der Waals surface area (Å²) in [5.41, 5.74) is 0. The number of nitrogens with one attached hydrogen (secondary N) is 1. The molecule has 0 spiro atoms. The van der Waals surface area contributed by atoms with E-state index in [2.05, 4.69) is 24.4 Å². The highest BCUT2D eigenvalue weighted by atomic mass is 31.2. The van der Waals surface area contributed by atoms with E-state index in [4.69, 9.17) is 9.05 Å². The molecule has 0 heterocycles. The Balaban J connectivity index is 2.02. The normalized spacial score (nSPS) is 22.1. The summed E-state index contributed by atoms with van der Waals surface area (Å²) in [6.45, 7) is 3.59. The van der Waals surface area contributed by atoms with Crippen molar-refractivity contribution < 1.29 is 59.0 Å². The molecule has 0 bridgehead atoms. The molecule has 404 valence electrons. The third-order valence-electron chi connectivity index (χ3n) is 13.9. The highest BCUT2D eigenvalue weighted by Gasteiger charge is 2.51. The number of allylic oxidation sites excluding steroid dienone is 2. The number of aliphatic hydroxyl groups is 7. The van der Waals surface area contributed by atoms with Gasteiger partial charge in [0.05, 0.1) is 31.3 Å². The molecule has 1 aliphatic carbocycles. The van der Waals surface area contributed by atoms with E-state index < -0.39 is 75.2 Å². The van der Waals surface area contributed by atoms with Crippen molar-refractivity contribution in [3.63, 3.8) is 0 Å². The van der Waals surface area contributed by atoms with Crippen LogP contribution in [0.4, 0.5) is 0 Å². The first kappa shape index (κ1) is 65.1. The number of amides is 1. The second-order valence-electron chi connectivity index (χ2n) is 20.3. The number of phosphoric ester groups is 1. The number of rotatable bonds is 48. The van der Waals surface area contributed by atoms with Crippen molar-refractivity contribution in [2.24, 2.45) is 0 Å². The highest BCUT2D eigenvalue weighted by molar-refractivity contribution is 7.47. The van der Waals surface area contributed by atoms with Crippen LogP contribution in [0, 0.1) is 0 Å². The van der Waals surface area contributed by atoms with Gasteiger partial charge in [-0.25, -0.2) is 4.57 Å². The molecular formula is C54H106NO12P. The Kier molecular flexibility index (Phi) is 41.7. The van der Waals surface area contributed by atoms with E-state index in [1.165, 1.54) is 186 Å². The summed E-state index contributed by atoms with van der Waals surface area (Å²) in [5, 5.41) is 73.9. The lowest BCUT2D eigenvalue weighted by atomic mass is 9.85. The van der Waals surface area contributed by atoms with Gasteiger partial charge in [-0.3, -0.25) is 13.8 Å². The zero-order chi connectivity index (χ0) is 50.1. The zero-order valence-corrected chi connectivity index (χ0v) is 44.2. The molecule has 0 aromatic heterocycles. The first-order valence-corrected chi connectivity index (χ1v) is 29.7. The predicted octanol–water partition coefficient (Wildman–Crippen LogP) is 11.3. The minimum atomic E-state index is -5.09. The van der Waals surface area contributed by atoms with Crippen LogP contribution < -0.4 is 5.32 Å². The van der Waals surface area contributed by atoms with Crippen LogP contribution in [0.5, 0.6) is 0 Å². The summed E-state index contributed by atoms with van der Waals surface area (Å²) >= 11 is 0. The van der Waals surface area contributed by atoms with Gasteiger partial charge >= 0.3 is 7.82 Å². The molecule has 0 saturated heterocycles. The summed E-state index contributed by atoms with van der Waals surface area (Å²) in [6.07, 6.45) is 37.4. The van der Waals surface area contributed by atoms with E-state index in [0.29, 0.717) is 12.8 Å². The standard InChI is InChI=1S/C54H106NO12P/c1-3-5-7-8-9-10-11-12-13-14-15-16-17-18-19-20-21-22-23-24-25-26-27-28-29-30-31-32-33-34-35-36-37-38-40-41-45(56)43-48(58)55-46(47(57)42-39-6-4-2)44-66-68(64,65)67-54-52(62)50(60)49(59)51(61)53(54)63/h22-23,45-47,49-54,56-57,59-63H,3-21,24-44H2,1-2H3,(H,55,58)(H,64,65)/b23-22-. The Morgan fingerprint density at radius 2 is 0.824 bits per heavy atom. The molecule has 1 saturated carbocycles. The lowest BCUT2D eigenvalue weighted by molar-refractivity contribution is -0.220. The van der Waals surface area contributed by atoms with Crippen LogP contribution in [-0.2, 0) is 18.4 Å². The van der Waals surface area contributed by atoms with Gasteiger partial charge in [-0.1, -0.05) is 231 Å². The lowest BCUT2D eigenvalue weighted by Gasteiger charge is -2.41. The maximum absolute atomic E-state index is 12.9. The maximum Gasteiger partial charge on any atom is 0.472 e. The molecule has 1 amide bonds. The predicted molar refractivity (Wildman–Crippen MR) is 275 cm³/mol. The fourth-order valence-electron chi connectivity index (χ4n) is 9.30. The van der Waals surface area contributed by atoms with Crippen LogP contribution in [0.25, 0.3) is 0 Å². The van der Waals surface area contributed by atoms with Gasteiger partial charge in [0.15, 0.2) is 0 Å². The van der Waals surface area contributed by atoms with Gasteiger partial charge in [0.1, 0.15) is 36.6 Å². The van der Waals surface area contributed by atoms with Crippen LogP contribution in [0.15, 0.2) is 12.2 Å². The molecule has 14 heteroatoms. The van der Waals surface area contributed by atoms with Crippen LogP contribution in [0.1, 0.15) is 264 Å². The summed E-state index contributed by atoms with van der Waals surface area (Å²) in [6, 6.07) is -1.15. The summed E-state index contributed by atoms with van der Waals surface area (Å²) < 4.78 is 22.6. The van der Waals surface area contributed by atoms with Crippen molar-refractivity contribution in [3.05, 3.63) is 12.2 Å². The monoisotopic (exact) mass is 992 g/mol. The Morgan fingerprint density at radius 1 is 0.500 bits per heavy atom. The van der Waals surface area contributed by atoms with E-state index in [1.807, 2.05) is 6.92 Å². The largest absolute Gasteiger partial charge is 0.472 e. The van der Waals surface area contributed by atoms with Crippen LogP contribution in [-0.4, -0.2) is 108 Å². The van der Waals surface area contributed by atoms with Crippen molar-refractivity contribution in [1.29, 1.82) is 0 Å². The highest BCUT2D eigenvalue weighted by Crippen LogP contribution is 2.47. The summed E-state index contributed by atoms with van der Waals surface area (Å²) in [7, 11) is -5.09. The number of hydrogen-bond donors (Lipinski definition) is 9. The van der Waals surface area contributed by atoms with Crippen molar-refractivity contribution in [1.82, 2.24) is 5.32 Å². The average molecular weight is 992 g/mol. The quantitative estimate of drug-likeness (QED) is 0.0158. The van der Waals surface area contributed by atoms with Gasteiger partial charge in [0, 0.05) is 0 Å². The molecule has 68 heavy (non-hydrogen) atoms. The number of unbranched alkanes of at least 4 members (excludes halogenated alkanes) is 33. The maximum atomic E-state index is 12.9. The van der Waals surface area contributed by atoms with E-state index in [0.717, 1.165) is 38.5 Å². The zero-order valence-electron chi connectivity index (χ0n) is 43.3. The third kappa shape index (κ3) is 34.4. The van der Waals surface area contributed by atoms with Crippen molar-refractivity contribution in [2.75, 3.05) is 6.61 Å². The first-order valence-electron chi connectivity index (χ1n) is 28.2. The molecule has 0 aromatic rings. The molecule has 1 rings (SSSR count). The van der Waals surface area contributed by atoms with E-state index in [1.54, 1.807) is 0 Å².